The predicted molar refractivity (Wildman–Crippen MR) is 111 cm³/mol. The third-order valence-corrected chi connectivity index (χ3v) is 5.38. The van der Waals surface area contributed by atoms with E-state index in [2.05, 4.69) is 10.9 Å². The number of nitrogens with zero attached hydrogens (tertiary/aromatic N) is 1. The van der Waals surface area contributed by atoms with Gasteiger partial charge in [0, 0.05) is 17.0 Å². The van der Waals surface area contributed by atoms with Gasteiger partial charge in [0.05, 0.1) is 10.2 Å². The molecular formula is C20H23N3O5S. The average molecular weight is 417 g/mol. The molecule has 0 bridgehead atoms. The van der Waals surface area contributed by atoms with E-state index in [9.17, 15) is 19.7 Å². The summed E-state index contributed by atoms with van der Waals surface area (Å²) in [6, 6.07) is 11.5. The molecule has 0 fully saturated rings. The summed E-state index contributed by atoms with van der Waals surface area (Å²) in [4.78, 5) is 35.3. The number of nitro benzene ring substituents is 1. The fourth-order valence-corrected chi connectivity index (χ4v) is 3.19. The maximum absolute atomic E-state index is 12.2. The lowest BCUT2D eigenvalue weighted by molar-refractivity contribution is -0.384. The SMILES string of the molecule is Cc1cccc(OC(C)C(=O)NNC(=O)C(C)Sc2ccc([N+](=O)[O-])cc2)c1C. The lowest BCUT2D eigenvalue weighted by atomic mass is 10.1. The molecule has 8 nitrogen and oxygen atoms in total. The van der Waals surface area contributed by atoms with Crippen molar-refractivity contribution in [2.75, 3.05) is 0 Å². The molecule has 0 spiro atoms. The molecule has 9 heteroatoms. The van der Waals surface area contributed by atoms with Crippen LogP contribution in [-0.2, 0) is 9.59 Å². The van der Waals surface area contributed by atoms with E-state index in [0.29, 0.717) is 10.6 Å². The third-order valence-electron chi connectivity index (χ3n) is 4.27. The molecule has 2 atom stereocenters. The smallest absolute Gasteiger partial charge is 0.279 e. The zero-order chi connectivity index (χ0) is 21.6. The molecule has 2 rings (SSSR count). The highest BCUT2D eigenvalue weighted by molar-refractivity contribution is 8.00. The van der Waals surface area contributed by atoms with Gasteiger partial charge >= 0.3 is 0 Å². The molecule has 2 amide bonds. The molecule has 0 aliphatic rings. The summed E-state index contributed by atoms with van der Waals surface area (Å²) in [7, 11) is 0. The molecule has 2 aromatic rings. The van der Waals surface area contributed by atoms with E-state index in [1.165, 1.54) is 23.9 Å². The van der Waals surface area contributed by atoms with Crippen molar-refractivity contribution in [2.24, 2.45) is 0 Å². The number of non-ortho nitro benzene ring substituents is 1. The summed E-state index contributed by atoms with van der Waals surface area (Å²) in [6.45, 7) is 7.13. The topological polar surface area (TPSA) is 111 Å². The Hall–Kier alpha value is -3.07. The molecule has 0 radical (unpaired) electrons. The Balaban J connectivity index is 1.84. The van der Waals surface area contributed by atoms with Crippen LogP contribution < -0.4 is 15.6 Å². The summed E-state index contributed by atoms with van der Waals surface area (Å²) in [6.07, 6.45) is -0.798. The number of ether oxygens (including phenoxy) is 1. The number of thioether (sulfide) groups is 1. The summed E-state index contributed by atoms with van der Waals surface area (Å²) < 4.78 is 5.68. The first-order valence-corrected chi connectivity index (χ1v) is 9.80. The van der Waals surface area contributed by atoms with E-state index in [1.54, 1.807) is 32.0 Å². The number of nitrogens with one attached hydrogen (secondary N) is 2. The summed E-state index contributed by atoms with van der Waals surface area (Å²) in [5.41, 5.74) is 6.73. The minimum absolute atomic E-state index is 0.0171. The second-order valence-corrected chi connectivity index (χ2v) is 7.86. The van der Waals surface area contributed by atoms with Crippen molar-refractivity contribution >= 4 is 29.3 Å². The van der Waals surface area contributed by atoms with Crippen molar-refractivity contribution in [3.8, 4) is 5.75 Å². The molecule has 0 heterocycles. The van der Waals surface area contributed by atoms with Crippen molar-refractivity contribution in [1.82, 2.24) is 10.9 Å². The van der Waals surface area contributed by atoms with Gasteiger partial charge in [0.2, 0.25) is 0 Å². The minimum atomic E-state index is -0.798. The highest BCUT2D eigenvalue weighted by atomic mass is 32.2. The number of hydrogen-bond acceptors (Lipinski definition) is 6. The Morgan fingerprint density at radius 1 is 1.03 bits per heavy atom. The van der Waals surface area contributed by atoms with Gasteiger partial charge in [0.1, 0.15) is 5.75 Å². The van der Waals surface area contributed by atoms with Gasteiger partial charge in [0.25, 0.3) is 17.5 Å². The Morgan fingerprint density at radius 2 is 1.66 bits per heavy atom. The summed E-state index contributed by atoms with van der Waals surface area (Å²) in [5.74, 6) is -0.270. The van der Waals surface area contributed by atoms with Crippen LogP contribution in [0.25, 0.3) is 0 Å². The molecular weight excluding hydrogens is 394 g/mol. The minimum Gasteiger partial charge on any atom is -0.481 e. The van der Waals surface area contributed by atoms with Gasteiger partial charge < -0.3 is 4.74 Å². The Morgan fingerprint density at radius 3 is 2.28 bits per heavy atom. The summed E-state index contributed by atoms with van der Waals surface area (Å²) >= 11 is 1.22. The summed E-state index contributed by atoms with van der Waals surface area (Å²) in [5, 5.41) is 10.2. The van der Waals surface area contributed by atoms with E-state index >= 15 is 0 Å². The largest absolute Gasteiger partial charge is 0.481 e. The lowest BCUT2D eigenvalue weighted by Crippen LogP contribution is -2.49. The third kappa shape index (κ3) is 6.21. The van der Waals surface area contributed by atoms with Crippen LogP contribution >= 0.6 is 11.8 Å². The maximum Gasteiger partial charge on any atom is 0.279 e. The standard InChI is InChI=1S/C20H23N3O5S/c1-12-6-5-7-18(13(12)2)28-14(3)19(24)21-22-20(25)15(4)29-17-10-8-16(9-11-17)23(26)27/h5-11,14-15H,1-4H3,(H,21,24)(H,22,25). The molecule has 0 aliphatic carbocycles. The molecule has 0 saturated heterocycles. The van der Waals surface area contributed by atoms with Gasteiger partial charge in [-0.3, -0.25) is 30.6 Å². The number of carbonyl (C=O) groups is 2. The molecule has 29 heavy (non-hydrogen) atoms. The van der Waals surface area contributed by atoms with Crippen LogP contribution in [0.2, 0.25) is 0 Å². The van der Waals surface area contributed by atoms with Crippen molar-refractivity contribution in [3.05, 3.63) is 63.7 Å². The zero-order valence-electron chi connectivity index (χ0n) is 16.6. The molecule has 2 aromatic carbocycles. The predicted octanol–water partition coefficient (Wildman–Crippen LogP) is 3.31. The number of rotatable bonds is 7. The number of hydrazine groups is 1. The lowest BCUT2D eigenvalue weighted by Gasteiger charge is -2.18. The Labute approximate surface area is 173 Å². The number of aryl methyl sites for hydroxylation is 1. The molecule has 154 valence electrons. The van der Waals surface area contributed by atoms with Crippen LogP contribution in [-0.4, -0.2) is 28.1 Å². The van der Waals surface area contributed by atoms with E-state index in [0.717, 1.165) is 11.1 Å². The van der Waals surface area contributed by atoms with Crippen LogP contribution in [0.1, 0.15) is 25.0 Å². The van der Waals surface area contributed by atoms with Crippen LogP contribution in [0, 0.1) is 24.0 Å². The first kappa shape index (κ1) is 22.2. The maximum atomic E-state index is 12.2. The van der Waals surface area contributed by atoms with Gasteiger partial charge in [-0.1, -0.05) is 12.1 Å². The fourth-order valence-electron chi connectivity index (χ4n) is 2.33. The zero-order valence-corrected chi connectivity index (χ0v) is 17.4. The fraction of sp³-hybridized carbons (Fsp3) is 0.300. The number of benzene rings is 2. The van der Waals surface area contributed by atoms with Crippen molar-refractivity contribution in [2.45, 2.75) is 43.9 Å². The van der Waals surface area contributed by atoms with Crippen molar-refractivity contribution in [1.29, 1.82) is 0 Å². The van der Waals surface area contributed by atoms with Gasteiger partial charge in [-0.25, -0.2) is 0 Å². The van der Waals surface area contributed by atoms with Gasteiger partial charge in [-0.2, -0.15) is 0 Å². The van der Waals surface area contributed by atoms with E-state index in [4.69, 9.17) is 4.74 Å². The second-order valence-electron chi connectivity index (χ2n) is 6.45. The number of amides is 2. The molecule has 2 N–H and O–H groups in total. The normalized spacial score (nSPS) is 12.6. The van der Waals surface area contributed by atoms with Gasteiger partial charge in [0.15, 0.2) is 6.10 Å². The van der Waals surface area contributed by atoms with Crippen LogP contribution in [0.5, 0.6) is 5.75 Å². The number of hydrogen-bond donors (Lipinski definition) is 2. The first-order chi connectivity index (χ1) is 13.7. The quantitative estimate of drug-likeness (QED) is 0.406. The Kier molecular flexibility index (Phi) is 7.60. The van der Waals surface area contributed by atoms with E-state index < -0.39 is 28.1 Å². The molecule has 0 aromatic heterocycles. The van der Waals surface area contributed by atoms with Crippen molar-refractivity contribution < 1.29 is 19.2 Å². The van der Waals surface area contributed by atoms with E-state index in [-0.39, 0.29) is 5.69 Å². The number of carbonyl (C=O) groups excluding carboxylic acids is 2. The average Bonchev–Trinajstić information content (AvgIpc) is 2.69. The first-order valence-electron chi connectivity index (χ1n) is 8.92. The highest BCUT2D eigenvalue weighted by Gasteiger charge is 2.19. The van der Waals surface area contributed by atoms with Gasteiger partial charge in [-0.05, 0) is 57.0 Å². The monoisotopic (exact) mass is 417 g/mol. The highest BCUT2D eigenvalue weighted by Crippen LogP contribution is 2.25. The number of nitro groups is 1. The van der Waals surface area contributed by atoms with Gasteiger partial charge in [-0.15, -0.1) is 11.8 Å². The molecule has 0 aliphatic heterocycles. The van der Waals surface area contributed by atoms with Crippen LogP contribution in [0.3, 0.4) is 0 Å². The van der Waals surface area contributed by atoms with Crippen molar-refractivity contribution in [3.63, 3.8) is 0 Å². The molecule has 2 unspecified atom stereocenters. The Bertz CT molecular complexity index is 901. The van der Waals surface area contributed by atoms with Crippen LogP contribution in [0.4, 0.5) is 5.69 Å². The second kappa shape index (κ2) is 9.92. The van der Waals surface area contributed by atoms with Crippen LogP contribution in [0.15, 0.2) is 47.4 Å². The molecule has 0 saturated carbocycles. The van der Waals surface area contributed by atoms with E-state index in [1.807, 2.05) is 26.0 Å².